The van der Waals surface area contributed by atoms with Crippen molar-refractivity contribution in [3.05, 3.63) is 39.4 Å². The summed E-state index contributed by atoms with van der Waals surface area (Å²) >= 11 is 12.0. The lowest BCUT2D eigenvalue weighted by atomic mass is 9.90. The van der Waals surface area contributed by atoms with Gasteiger partial charge in [0.2, 0.25) is 0 Å². The van der Waals surface area contributed by atoms with Crippen molar-refractivity contribution in [3.63, 3.8) is 0 Å². The van der Waals surface area contributed by atoms with Gasteiger partial charge in [-0.15, -0.1) is 0 Å². The summed E-state index contributed by atoms with van der Waals surface area (Å²) < 4.78 is 5.02. The Balaban J connectivity index is 2.08. The molecule has 0 heterocycles. The number of hydrogen-bond acceptors (Lipinski definition) is 2. The number of benzene rings is 1. The van der Waals surface area contributed by atoms with Gasteiger partial charge in [-0.3, -0.25) is 5.32 Å². The molecule has 1 fully saturated rings. The fourth-order valence-corrected chi connectivity index (χ4v) is 3.85. The first kappa shape index (κ1) is 12.8. The summed E-state index contributed by atoms with van der Waals surface area (Å²) in [7, 11) is 1.35. The Labute approximate surface area is 121 Å². The van der Waals surface area contributed by atoms with E-state index in [9.17, 15) is 4.79 Å². The quantitative estimate of drug-likeness (QED) is 0.827. The van der Waals surface area contributed by atoms with Crippen LogP contribution in [0.2, 0.25) is 0 Å². The number of hydrogen-bond donors (Lipinski definition) is 1. The highest BCUT2D eigenvalue weighted by Crippen LogP contribution is 2.60. The normalized spacial score (nSPS) is 23.2. The second-order valence-electron chi connectivity index (χ2n) is 4.82. The van der Waals surface area contributed by atoms with Crippen molar-refractivity contribution in [1.29, 1.82) is 0 Å². The summed E-state index contributed by atoms with van der Waals surface area (Å²) in [5.41, 5.74) is 4.25. The minimum Gasteiger partial charge on any atom is -0.453 e. The second-order valence-corrected chi connectivity index (χ2v) is 5.77. The molecular formula is C14H13Cl2NO2. The van der Waals surface area contributed by atoms with Gasteiger partial charge in [-0.25, -0.2) is 4.79 Å². The third-order valence-corrected chi connectivity index (χ3v) is 4.44. The van der Waals surface area contributed by atoms with Crippen LogP contribution in [-0.4, -0.2) is 13.2 Å². The zero-order valence-corrected chi connectivity index (χ0v) is 11.9. The number of methoxy groups -OCH3 is 1. The molecule has 1 N–H and O–H groups in total. The second kappa shape index (κ2) is 4.73. The molecule has 5 heteroatoms. The smallest absolute Gasteiger partial charge is 0.411 e. The number of ether oxygens (including phenoxy) is 1. The molecule has 2 aliphatic carbocycles. The van der Waals surface area contributed by atoms with E-state index in [2.05, 4.69) is 16.1 Å². The Hall–Kier alpha value is -1.19. The van der Waals surface area contributed by atoms with E-state index in [1.807, 2.05) is 12.1 Å². The Kier molecular flexibility index (Phi) is 3.19. The van der Waals surface area contributed by atoms with Crippen molar-refractivity contribution in [2.75, 3.05) is 12.4 Å². The van der Waals surface area contributed by atoms with Crippen molar-refractivity contribution in [2.24, 2.45) is 0 Å². The van der Waals surface area contributed by atoms with E-state index in [0.29, 0.717) is 10.4 Å². The van der Waals surface area contributed by atoms with Gasteiger partial charge in [0, 0.05) is 17.5 Å². The lowest BCUT2D eigenvalue weighted by Gasteiger charge is -2.18. The van der Waals surface area contributed by atoms with E-state index in [4.69, 9.17) is 23.2 Å². The minimum atomic E-state index is -0.460. The maximum absolute atomic E-state index is 11.4. The van der Waals surface area contributed by atoms with Crippen LogP contribution in [0.4, 0.5) is 10.5 Å². The predicted molar refractivity (Wildman–Crippen MR) is 75.9 cm³/mol. The summed E-state index contributed by atoms with van der Waals surface area (Å²) in [5, 5.41) is 2.77. The molecule has 0 radical (unpaired) electrons. The number of rotatable bonds is 1. The molecule has 3 rings (SSSR count). The Morgan fingerprint density at radius 3 is 2.74 bits per heavy atom. The lowest BCUT2D eigenvalue weighted by Crippen LogP contribution is -2.14. The molecule has 1 amide bonds. The van der Waals surface area contributed by atoms with Crippen LogP contribution in [0, 0.1) is 0 Å². The number of anilines is 1. The van der Waals surface area contributed by atoms with Gasteiger partial charge < -0.3 is 4.74 Å². The molecule has 2 aliphatic rings. The molecular weight excluding hydrogens is 285 g/mol. The first-order chi connectivity index (χ1) is 9.13. The molecule has 19 heavy (non-hydrogen) atoms. The summed E-state index contributed by atoms with van der Waals surface area (Å²) in [5.74, 6) is 0.516. The first-order valence-corrected chi connectivity index (χ1v) is 6.92. The number of fused-ring (bicyclic) bond motifs is 5. The molecule has 0 aliphatic heterocycles. The van der Waals surface area contributed by atoms with Gasteiger partial charge >= 0.3 is 6.09 Å². The minimum absolute atomic E-state index is 0.221. The van der Waals surface area contributed by atoms with Crippen molar-refractivity contribution in [1.82, 2.24) is 0 Å². The highest BCUT2D eigenvalue weighted by atomic mass is 35.5. The molecule has 0 aromatic heterocycles. The van der Waals surface area contributed by atoms with Crippen LogP contribution in [-0.2, 0) is 4.74 Å². The van der Waals surface area contributed by atoms with E-state index in [0.717, 1.165) is 29.7 Å². The molecule has 2 unspecified atom stereocenters. The van der Waals surface area contributed by atoms with Crippen molar-refractivity contribution in [3.8, 4) is 0 Å². The Morgan fingerprint density at radius 1 is 1.32 bits per heavy atom. The SMILES string of the molecule is COC(=O)Nc1cccc2c1C1CCC2C1=C(Cl)Cl. The third-order valence-electron chi connectivity index (χ3n) is 4.00. The van der Waals surface area contributed by atoms with E-state index >= 15 is 0 Å². The molecule has 1 aromatic carbocycles. The molecule has 2 atom stereocenters. The summed E-state index contributed by atoms with van der Waals surface area (Å²) in [6, 6.07) is 5.90. The highest BCUT2D eigenvalue weighted by Gasteiger charge is 2.44. The van der Waals surface area contributed by atoms with Gasteiger partial charge in [0.05, 0.1) is 7.11 Å². The van der Waals surface area contributed by atoms with Crippen molar-refractivity contribution in [2.45, 2.75) is 24.7 Å². The van der Waals surface area contributed by atoms with Crippen molar-refractivity contribution < 1.29 is 9.53 Å². The molecule has 3 nitrogen and oxygen atoms in total. The molecule has 2 bridgehead atoms. The van der Waals surface area contributed by atoms with Gasteiger partial charge in [0.15, 0.2) is 0 Å². The van der Waals surface area contributed by atoms with Gasteiger partial charge in [0.1, 0.15) is 4.49 Å². The van der Waals surface area contributed by atoms with Crippen LogP contribution in [0.3, 0.4) is 0 Å². The van der Waals surface area contributed by atoms with Gasteiger partial charge in [-0.05, 0) is 35.6 Å². The van der Waals surface area contributed by atoms with E-state index in [1.165, 1.54) is 12.7 Å². The lowest BCUT2D eigenvalue weighted by molar-refractivity contribution is 0.187. The highest BCUT2D eigenvalue weighted by molar-refractivity contribution is 6.56. The van der Waals surface area contributed by atoms with Crippen LogP contribution in [0.15, 0.2) is 28.3 Å². The maximum atomic E-state index is 11.4. The zero-order chi connectivity index (χ0) is 13.6. The predicted octanol–water partition coefficient (Wildman–Crippen LogP) is 4.53. The fourth-order valence-electron chi connectivity index (χ4n) is 3.32. The van der Waals surface area contributed by atoms with E-state index < -0.39 is 6.09 Å². The maximum Gasteiger partial charge on any atom is 0.411 e. The summed E-state index contributed by atoms with van der Waals surface area (Å²) in [6.07, 6.45) is 1.63. The summed E-state index contributed by atoms with van der Waals surface area (Å²) in [6.45, 7) is 0. The zero-order valence-electron chi connectivity index (χ0n) is 10.4. The van der Waals surface area contributed by atoms with Crippen molar-refractivity contribution >= 4 is 35.0 Å². The fraction of sp³-hybridized carbons (Fsp3) is 0.357. The Morgan fingerprint density at radius 2 is 2.05 bits per heavy atom. The number of halogens is 2. The van der Waals surface area contributed by atoms with Gasteiger partial charge in [-0.1, -0.05) is 35.3 Å². The van der Waals surface area contributed by atoms with Crippen LogP contribution in [0.1, 0.15) is 35.8 Å². The number of allylic oxidation sites excluding steroid dienone is 1. The van der Waals surface area contributed by atoms with Crippen LogP contribution in [0.5, 0.6) is 0 Å². The molecule has 1 aromatic rings. The monoisotopic (exact) mass is 297 g/mol. The largest absolute Gasteiger partial charge is 0.453 e. The first-order valence-electron chi connectivity index (χ1n) is 6.16. The average Bonchev–Trinajstić information content (AvgIpc) is 2.95. The van der Waals surface area contributed by atoms with Crippen LogP contribution < -0.4 is 5.32 Å². The molecule has 0 saturated heterocycles. The van der Waals surface area contributed by atoms with E-state index in [-0.39, 0.29) is 5.92 Å². The van der Waals surface area contributed by atoms with E-state index in [1.54, 1.807) is 0 Å². The molecule has 1 saturated carbocycles. The molecule has 0 spiro atoms. The third kappa shape index (κ3) is 1.92. The van der Waals surface area contributed by atoms with Gasteiger partial charge in [0.25, 0.3) is 0 Å². The number of amides is 1. The molecule has 100 valence electrons. The van der Waals surface area contributed by atoms with Gasteiger partial charge in [-0.2, -0.15) is 0 Å². The Bertz CT molecular complexity index is 579. The van der Waals surface area contributed by atoms with Crippen LogP contribution in [0.25, 0.3) is 0 Å². The average molecular weight is 298 g/mol. The standard InChI is InChI=1S/C14H13Cl2NO2/c1-19-14(18)17-10-4-2-3-7-8-5-6-9(11(7)10)12(8)13(15)16/h2-4,8-9H,5-6H2,1H3,(H,17,18). The summed E-state index contributed by atoms with van der Waals surface area (Å²) in [4.78, 5) is 11.4. The topological polar surface area (TPSA) is 38.3 Å². The number of nitrogens with one attached hydrogen (secondary N) is 1. The van der Waals surface area contributed by atoms with Crippen LogP contribution >= 0.6 is 23.2 Å². The number of carbonyl (C=O) groups excluding carboxylic acids is 1. The number of carbonyl (C=O) groups is 1.